The third-order valence-corrected chi connectivity index (χ3v) is 11.9. The first-order valence-electron chi connectivity index (χ1n) is 16.7. The van der Waals surface area contributed by atoms with E-state index in [-0.39, 0.29) is 17.7 Å². The summed E-state index contributed by atoms with van der Waals surface area (Å²) in [5.74, 6) is 3.40. The summed E-state index contributed by atoms with van der Waals surface area (Å²) in [5.41, 5.74) is 2.77. The number of nitrogens with one attached hydrogen (secondary N) is 1. The summed E-state index contributed by atoms with van der Waals surface area (Å²) in [6.07, 6.45) is 2.65. The van der Waals surface area contributed by atoms with E-state index < -0.39 is 0 Å². The number of halogens is 2. The zero-order valence-electron chi connectivity index (χ0n) is 27.2. The average Bonchev–Trinajstić information content (AvgIpc) is 3.00. The summed E-state index contributed by atoms with van der Waals surface area (Å²) >= 11 is 12.6. The second kappa shape index (κ2) is 12.3. The van der Waals surface area contributed by atoms with Crippen LogP contribution in [0.4, 0.5) is 11.6 Å². The minimum Gasteiger partial charge on any atom is -0.389 e. The van der Waals surface area contributed by atoms with Gasteiger partial charge >= 0.3 is 0 Å². The van der Waals surface area contributed by atoms with Crippen LogP contribution in [0.5, 0.6) is 0 Å². The number of aryl methyl sites for hydroxylation is 1. The number of rotatable bonds is 6. The van der Waals surface area contributed by atoms with Gasteiger partial charge in [0.05, 0.1) is 23.0 Å². The van der Waals surface area contributed by atoms with Crippen LogP contribution in [0.25, 0.3) is 10.9 Å². The molecule has 2 N–H and O–H groups in total. The van der Waals surface area contributed by atoms with E-state index in [1.54, 1.807) is 10.6 Å². The summed E-state index contributed by atoms with van der Waals surface area (Å²) < 4.78 is 1.80. The first kappa shape index (κ1) is 31.7. The highest BCUT2D eigenvalue weighted by atomic mass is 35.5. The van der Waals surface area contributed by atoms with Crippen molar-refractivity contribution < 1.29 is 5.11 Å². The van der Waals surface area contributed by atoms with Crippen LogP contribution in [-0.4, -0.2) is 88.9 Å². The lowest BCUT2D eigenvalue weighted by Crippen LogP contribution is -2.58. The zero-order chi connectivity index (χ0) is 32.3. The van der Waals surface area contributed by atoms with Crippen molar-refractivity contribution in [1.29, 1.82) is 0 Å². The van der Waals surface area contributed by atoms with Gasteiger partial charge in [0.25, 0.3) is 5.56 Å². The Morgan fingerprint density at radius 3 is 2.52 bits per heavy atom. The fourth-order valence-electron chi connectivity index (χ4n) is 8.09. The van der Waals surface area contributed by atoms with E-state index >= 15 is 0 Å². The molecular formula is C35H45Cl2N7O2. The highest BCUT2D eigenvalue weighted by molar-refractivity contribution is 6.35. The zero-order valence-corrected chi connectivity index (χ0v) is 28.7. The number of fused-ring (bicyclic) bond motifs is 3. The molecule has 2 saturated heterocycles. The summed E-state index contributed by atoms with van der Waals surface area (Å²) in [6.45, 7) is 12.1. The Kier molecular flexibility index (Phi) is 8.49. The highest BCUT2D eigenvalue weighted by Crippen LogP contribution is 2.61. The maximum Gasteiger partial charge on any atom is 0.262 e. The van der Waals surface area contributed by atoms with Gasteiger partial charge in [0.1, 0.15) is 0 Å². The lowest BCUT2D eigenvalue weighted by atomic mass is 9.45. The summed E-state index contributed by atoms with van der Waals surface area (Å²) in [5, 5.41) is 15.5. The number of β-amino-alcohol motifs (C(OH)–C–C–N with tert-alkyl or cyclic N) is 1. The van der Waals surface area contributed by atoms with Gasteiger partial charge in [-0.05, 0) is 85.4 Å². The quantitative estimate of drug-likeness (QED) is 0.276. The first-order valence-corrected chi connectivity index (χ1v) is 17.4. The first-order chi connectivity index (χ1) is 22.0. The third-order valence-electron chi connectivity index (χ3n) is 11.4. The van der Waals surface area contributed by atoms with Crippen molar-refractivity contribution in [3.8, 4) is 0 Å². The van der Waals surface area contributed by atoms with Crippen LogP contribution in [0, 0.1) is 23.2 Å². The van der Waals surface area contributed by atoms with Crippen LogP contribution >= 0.6 is 23.2 Å². The fourth-order valence-corrected chi connectivity index (χ4v) is 8.60. The number of nitrogens with zero attached hydrogens (tertiary/aromatic N) is 6. The molecule has 8 rings (SSSR count). The van der Waals surface area contributed by atoms with Gasteiger partial charge in [-0.15, -0.1) is 0 Å². The molecule has 1 aromatic heterocycles. The maximum absolute atomic E-state index is 14.1. The number of guanidine groups is 1. The van der Waals surface area contributed by atoms with Crippen molar-refractivity contribution in [2.75, 3.05) is 56.5 Å². The Morgan fingerprint density at radius 1 is 1.09 bits per heavy atom. The van der Waals surface area contributed by atoms with Gasteiger partial charge in [-0.25, -0.2) is 9.98 Å². The van der Waals surface area contributed by atoms with Crippen LogP contribution in [0.3, 0.4) is 0 Å². The number of anilines is 2. The fraction of sp³-hybridized carbons (Fsp3) is 0.571. The van der Waals surface area contributed by atoms with E-state index in [0.29, 0.717) is 76.1 Å². The van der Waals surface area contributed by atoms with Gasteiger partial charge in [0, 0.05) is 61.5 Å². The molecule has 3 aromatic rings. The van der Waals surface area contributed by atoms with Gasteiger partial charge in [-0.3, -0.25) is 9.36 Å². The number of aliphatic hydroxyl groups excluding tert-OH is 1. The summed E-state index contributed by atoms with van der Waals surface area (Å²) in [4.78, 5) is 31.1. The molecule has 2 aliphatic heterocycles. The normalized spacial score (nSPS) is 26.6. The average molecular weight is 667 g/mol. The molecule has 2 bridgehead atoms. The van der Waals surface area contributed by atoms with Crippen molar-refractivity contribution in [2.24, 2.45) is 28.2 Å². The second-order valence-corrected chi connectivity index (χ2v) is 15.4. The number of benzene rings is 2. The van der Waals surface area contributed by atoms with Crippen molar-refractivity contribution in [3.05, 3.63) is 62.4 Å². The van der Waals surface area contributed by atoms with E-state index in [4.69, 9.17) is 33.2 Å². The third kappa shape index (κ3) is 5.89. The molecule has 5 fully saturated rings. The molecule has 246 valence electrons. The van der Waals surface area contributed by atoms with Gasteiger partial charge in [0.15, 0.2) is 5.96 Å². The van der Waals surface area contributed by atoms with E-state index in [2.05, 4.69) is 47.8 Å². The number of likely N-dealkylation sites (N-methyl/N-ethyl adjacent to an activating group) is 1. The number of piperazine rings is 1. The molecule has 0 radical (unpaired) electrons. The minimum atomic E-state index is -0.339. The second-order valence-electron chi connectivity index (χ2n) is 14.5. The Morgan fingerprint density at radius 2 is 1.85 bits per heavy atom. The molecule has 11 heteroatoms. The predicted octanol–water partition coefficient (Wildman–Crippen LogP) is 5.21. The molecule has 3 heterocycles. The molecule has 3 saturated carbocycles. The summed E-state index contributed by atoms with van der Waals surface area (Å²) in [6, 6.07) is 11.5. The monoisotopic (exact) mass is 665 g/mol. The van der Waals surface area contributed by atoms with Crippen LogP contribution in [-0.2, 0) is 13.0 Å². The van der Waals surface area contributed by atoms with Crippen molar-refractivity contribution in [2.45, 2.75) is 58.7 Å². The van der Waals surface area contributed by atoms with E-state index in [1.807, 2.05) is 30.3 Å². The topological polar surface area (TPSA) is 89.2 Å². The molecule has 4 atom stereocenters. The molecular weight excluding hydrogens is 621 g/mol. The number of likely N-dealkylation sites (tertiary alicyclic amines) is 1. The lowest BCUT2D eigenvalue weighted by Gasteiger charge is -2.61. The molecule has 5 aliphatic rings. The van der Waals surface area contributed by atoms with Gasteiger partial charge in [0.2, 0.25) is 5.95 Å². The van der Waals surface area contributed by atoms with E-state index in [0.717, 1.165) is 49.8 Å². The largest absolute Gasteiger partial charge is 0.389 e. The highest BCUT2D eigenvalue weighted by Gasteiger charge is 2.56. The SMILES string of the molecule is C[C@H]1[C@@H](N=C(Nc2ccc3c(=O)n(CCc4ccc(Cl)cc4Cl)c(N4CCN(C)CC4)nc3c2)N2CC(O)C2)C[C@H]2C[C@H]1C2(C)C. The number of hydrogen-bond acceptors (Lipinski definition) is 6. The van der Waals surface area contributed by atoms with E-state index in [9.17, 15) is 9.90 Å². The van der Waals surface area contributed by atoms with Crippen LogP contribution in [0.1, 0.15) is 39.2 Å². The molecule has 3 aliphatic carbocycles. The number of aliphatic imine (C=N–C) groups is 1. The van der Waals surface area contributed by atoms with Crippen molar-refractivity contribution in [1.82, 2.24) is 19.4 Å². The van der Waals surface area contributed by atoms with Gasteiger partial charge in [-0.1, -0.05) is 50.0 Å². The van der Waals surface area contributed by atoms with Crippen LogP contribution < -0.4 is 15.8 Å². The maximum atomic E-state index is 14.1. The van der Waals surface area contributed by atoms with Crippen LogP contribution in [0.15, 0.2) is 46.2 Å². The van der Waals surface area contributed by atoms with Crippen molar-refractivity contribution in [3.63, 3.8) is 0 Å². The standard InChI is InChI=1S/C35H45Cl2N7O2/c1-21-28-15-23(35(28,2)3)16-30(21)39-33(43-19-26(45)20-43)38-25-7-8-27-31(18-25)40-34(42-13-11-41(4)12-14-42)44(32(27)46)10-9-22-5-6-24(36)17-29(22)37/h5-8,17-18,21,23,26,28,30,45H,9-16,19-20H2,1-4H3,(H,38,39)/t21-,23-,28-,30+/m1/s1. The molecule has 9 nitrogen and oxygen atoms in total. The van der Waals surface area contributed by atoms with E-state index in [1.165, 1.54) is 6.42 Å². The Balaban J connectivity index is 1.20. The predicted molar refractivity (Wildman–Crippen MR) is 187 cm³/mol. The lowest BCUT2D eigenvalue weighted by molar-refractivity contribution is -0.108. The molecule has 0 spiro atoms. The van der Waals surface area contributed by atoms with Crippen LogP contribution in [0.2, 0.25) is 10.0 Å². The Bertz CT molecular complexity index is 1710. The number of aromatic nitrogens is 2. The molecule has 46 heavy (non-hydrogen) atoms. The van der Waals surface area contributed by atoms with Gasteiger partial charge < -0.3 is 25.1 Å². The number of hydrogen-bond donors (Lipinski definition) is 2. The Hall–Kier alpha value is -2.85. The number of aliphatic hydroxyl groups is 1. The van der Waals surface area contributed by atoms with Crippen molar-refractivity contribution >= 4 is 51.7 Å². The molecule has 0 unspecified atom stereocenters. The summed E-state index contributed by atoms with van der Waals surface area (Å²) in [7, 11) is 2.12. The smallest absolute Gasteiger partial charge is 0.262 e. The molecule has 0 amide bonds. The molecule has 2 aromatic carbocycles. The van der Waals surface area contributed by atoms with Gasteiger partial charge in [-0.2, -0.15) is 0 Å². The Labute approximate surface area is 281 Å². The minimum absolute atomic E-state index is 0.0619.